The van der Waals surface area contributed by atoms with Crippen molar-refractivity contribution in [1.29, 1.82) is 0 Å². The van der Waals surface area contributed by atoms with Gasteiger partial charge in [0.2, 0.25) is 0 Å². The number of halogens is 1. The first-order chi connectivity index (χ1) is 10.2. The van der Waals surface area contributed by atoms with E-state index >= 15 is 0 Å². The molecule has 1 unspecified atom stereocenters. The first kappa shape index (κ1) is 11.9. The maximum atomic E-state index is 13.4. The van der Waals surface area contributed by atoms with Gasteiger partial charge in [-0.2, -0.15) is 5.10 Å². The molecule has 5 nitrogen and oxygen atoms in total. The Morgan fingerprint density at radius 3 is 3.05 bits per heavy atom. The van der Waals surface area contributed by atoms with Crippen LogP contribution in [0.2, 0.25) is 0 Å². The summed E-state index contributed by atoms with van der Waals surface area (Å²) < 4.78 is 13.4. The first-order valence-electron chi connectivity index (χ1n) is 6.51. The zero-order valence-corrected chi connectivity index (χ0v) is 10.9. The lowest BCUT2D eigenvalue weighted by Gasteiger charge is -2.13. The minimum Gasteiger partial charge on any atom is -0.368 e. The molecule has 3 N–H and O–H groups in total. The highest BCUT2D eigenvalue weighted by atomic mass is 19.1. The second-order valence-electron chi connectivity index (χ2n) is 4.94. The van der Waals surface area contributed by atoms with Crippen molar-refractivity contribution in [3.05, 3.63) is 54.0 Å². The second kappa shape index (κ2) is 4.31. The number of nitrogens with one attached hydrogen (secondary N) is 3. The van der Waals surface area contributed by atoms with Gasteiger partial charge < -0.3 is 10.6 Å². The molecule has 0 radical (unpaired) electrons. The molecular weight excluding hydrogens is 271 g/mol. The minimum atomic E-state index is -0.621. The van der Waals surface area contributed by atoms with Gasteiger partial charge in [0.05, 0.1) is 17.4 Å². The Morgan fingerprint density at radius 2 is 2.14 bits per heavy atom. The molecule has 0 aliphatic carbocycles. The van der Waals surface area contributed by atoms with Crippen LogP contribution in [0.1, 0.15) is 11.6 Å². The van der Waals surface area contributed by atoms with Gasteiger partial charge in [-0.05, 0) is 24.3 Å². The first-order valence-corrected chi connectivity index (χ1v) is 6.51. The molecule has 2 aromatic carbocycles. The standard InChI is InChI=1S/C15H11FN4O/c16-9-4-5-11-10(6-9)14(15(21)19-11)18-12-3-1-2-8-7-17-20-13(8)12/h1-7,14,18H,(H,17,20)(H,19,21). The monoisotopic (exact) mass is 282 g/mol. The van der Waals surface area contributed by atoms with Crippen molar-refractivity contribution in [2.45, 2.75) is 6.04 Å². The van der Waals surface area contributed by atoms with E-state index in [0.29, 0.717) is 11.3 Å². The van der Waals surface area contributed by atoms with E-state index in [2.05, 4.69) is 20.8 Å². The molecule has 2 heterocycles. The van der Waals surface area contributed by atoms with Crippen molar-refractivity contribution in [2.75, 3.05) is 10.6 Å². The zero-order chi connectivity index (χ0) is 14.4. The van der Waals surface area contributed by atoms with Gasteiger partial charge in [0.15, 0.2) is 0 Å². The average Bonchev–Trinajstić information content (AvgIpc) is 3.05. The molecule has 0 saturated carbocycles. The van der Waals surface area contributed by atoms with Gasteiger partial charge in [0.1, 0.15) is 11.9 Å². The summed E-state index contributed by atoms with van der Waals surface area (Å²) in [6.45, 7) is 0. The summed E-state index contributed by atoms with van der Waals surface area (Å²) in [5, 5.41) is 13.7. The Morgan fingerprint density at radius 1 is 1.24 bits per heavy atom. The number of carbonyl (C=O) groups excluding carboxylic acids is 1. The SMILES string of the molecule is O=C1Nc2ccc(F)cc2C1Nc1cccc2cn[nH]c12. The van der Waals surface area contributed by atoms with E-state index in [4.69, 9.17) is 0 Å². The maximum absolute atomic E-state index is 13.4. The van der Waals surface area contributed by atoms with Crippen molar-refractivity contribution in [2.24, 2.45) is 0 Å². The fourth-order valence-electron chi connectivity index (χ4n) is 2.62. The number of hydrogen-bond donors (Lipinski definition) is 3. The molecule has 3 aromatic rings. The summed E-state index contributed by atoms with van der Waals surface area (Å²) in [6.07, 6.45) is 1.71. The highest BCUT2D eigenvalue weighted by Crippen LogP contribution is 2.35. The predicted octanol–water partition coefficient (Wildman–Crippen LogP) is 2.81. The maximum Gasteiger partial charge on any atom is 0.251 e. The molecule has 1 aromatic heterocycles. The minimum absolute atomic E-state index is 0.202. The van der Waals surface area contributed by atoms with Crippen LogP contribution in [0.3, 0.4) is 0 Å². The molecule has 1 amide bonds. The number of carbonyl (C=O) groups is 1. The smallest absolute Gasteiger partial charge is 0.251 e. The number of aromatic nitrogens is 2. The molecule has 1 aliphatic heterocycles. The summed E-state index contributed by atoms with van der Waals surface area (Å²) in [4.78, 5) is 12.1. The van der Waals surface area contributed by atoms with Crippen LogP contribution < -0.4 is 10.6 Å². The summed E-state index contributed by atoms with van der Waals surface area (Å²) in [5.74, 6) is -0.566. The topological polar surface area (TPSA) is 69.8 Å². The fraction of sp³-hybridized carbons (Fsp3) is 0.0667. The number of nitrogens with zero attached hydrogens (tertiary/aromatic N) is 1. The quantitative estimate of drug-likeness (QED) is 0.677. The van der Waals surface area contributed by atoms with E-state index < -0.39 is 6.04 Å². The van der Waals surface area contributed by atoms with Crippen LogP contribution in [0.5, 0.6) is 0 Å². The van der Waals surface area contributed by atoms with E-state index in [1.807, 2.05) is 18.2 Å². The van der Waals surface area contributed by atoms with Crippen LogP contribution in [0.15, 0.2) is 42.6 Å². The molecule has 4 rings (SSSR count). The third-order valence-electron chi connectivity index (χ3n) is 3.62. The van der Waals surface area contributed by atoms with Crippen LogP contribution in [0.4, 0.5) is 15.8 Å². The summed E-state index contributed by atoms with van der Waals surface area (Å²) in [6, 6.07) is 9.30. The molecular formula is C15H11FN4O. The summed E-state index contributed by atoms with van der Waals surface area (Å²) in [7, 11) is 0. The third kappa shape index (κ3) is 1.84. The van der Waals surface area contributed by atoms with Gasteiger partial charge in [-0.3, -0.25) is 9.89 Å². The molecule has 104 valence electrons. The number of fused-ring (bicyclic) bond motifs is 2. The number of aromatic amines is 1. The highest BCUT2D eigenvalue weighted by Gasteiger charge is 2.31. The van der Waals surface area contributed by atoms with E-state index in [1.165, 1.54) is 12.1 Å². The number of rotatable bonds is 2. The molecule has 1 atom stereocenters. The van der Waals surface area contributed by atoms with Crippen molar-refractivity contribution in [3.8, 4) is 0 Å². The Labute approximate surface area is 119 Å². The Bertz CT molecular complexity index is 858. The van der Waals surface area contributed by atoms with Gasteiger partial charge in [-0.15, -0.1) is 0 Å². The number of para-hydroxylation sites is 1. The lowest BCUT2D eigenvalue weighted by molar-refractivity contribution is -0.116. The molecule has 0 fully saturated rings. The molecule has 0 saturated heterocycles. The van der Waals surface area contributed by atoms with Crippen LogP contribution >= 0.6 is 0 Å². The van der Waals surface area contributed by atoms with Gasteiger partial charge in [0.25, 0.3) is 5.91 Å². The average molecular weight is 282 g/mol. The largest absolute Gasteiger partial charge is 0.368 e. The van der Waals surface area contributed by atoms with Gasteiger partial charge in [-0.25, -0.2) is 4.39 Å². The predicted molar refractivity (Wildman–Crippen MR) is 77.5 cm³/mol. The number of amides is 1. The number of benzene rings is 2. The lowest BCUT2D eigenvalue weighted by Crippen LogP contribution is -2.19. The van der Waals surface area contributed by atoms with E-state index in [-0.39, 0.29) is 11.7 Å². The Balaban J connectivity index is 1.77. The molecule has 0 spiro atoms. The Hall–Kier alpha value is -2.89. The Kier molecular flexibility index (Phi) is 2.44. The van der Waals surface area contributed by atoms with Gasteiger partial charge >= 0.3 is 0 Å². The number of H-pyrrole nitrogens is 1. The normalized spacial score (nSPS) is 16.8. The summed E-state index contributed by atoms with van der Waals surface area (Å²) >= 11 is 0. The van der Waals surface area contributed by atoms with Gasteiger partial charge in [0, 0.05) is 16.6 Å². The van der Waals surface area contributed by atoms with Crippen molar-refractivity contribution in [3.63, 3.8) is 0 Å². The van der Waals surface area contributed by atoms with Crippen LogP contribution in [-0.2, 0) is 4.79 Å². The van der Waals surface area contributed by atoms with Crippen LogP contribution in [0, 0.1) is 5.82 Å². The lowest BCUT2D eigenvalue weighted by atomic mass is 10.1. The van der Waals surface area contributed by atoms with Crippen molar-refractivity contribution in [1.82, 2.24) is 10.2 Å². The summed E-state index contributed by atoms with van der Waals surface area (Å²) in [5.41, 5.74) is 2.81. The molecule has 0 bridgehead atoms. The second-order valence-corrected chi connectivity index (χ2v) is 4.94. The van der Waals surface area contributed by atoms with Gasteiger partial charge in [-0.1, -0.05) is 12.1 Å². The zero-order valence-electron chi connectivity index (χ0n) is 10.9. The number of hydrogen-bond acceptors (Lipinski definition) is 3. The van der Waals surface area contributed by atoms with E-state index in [9.17, 15) is 9.18 Å². The van der Waals surface area contributed by atoms with Crippen LogP contribution in [0.25, 0.3) is 10.9 Å². The van der Waals surface area contributed by atoms with Crippen molar-refractivity contribution < 1.29 is 9.18 Å². The fourth-order valence-corrected chi connectivity index (χ4v) is 2.62. The molecule has 6 heteroatoms. The molecule has 21 heavy (non-hydrogen) atoms. The van der Waals surface area contributed by atoms with E-state index in [1.54, 1.807) is 12.3 Å². The number of anilines is 2. The highest BCUT2D eigenvalue weighted by molar-refractivity contribution is 6.05. The molecule has 1 aliphatic rings. The van der Waals surface area contributed by atoms with E-state index in [0.717, 1.165) is 16.6 Å². The van der Waals surface area contributed by atoms with Crippen molar-refractivity contribution >= 4 is 28.2 Å². The van der Waals surface area contributed by atoms with Crippen LogP contribution in [-0.4, -0.2) is 16.1 Å². The third-order valence-corrected chi connectivity index (χ3v) is 3.62.